The van der Waals surface area contributed by atoms with E-state index in [1.54, 1.807) is 35.4 Å². The Balaban J connectivity index is 0.994. The minimum Gasteiger partial charge on any atom is -0.489 e. The van der Waals surface area contributed by atoms with Gasteiger partial charge in [0.25, 0.3) is 0 Å². The first kappa shape index (κ1) is 34.5. The summed E-state index contributed by atoms with van der Waals surface area (Å²) in [7, 11) is -3.61. The van der Waals surface area contributed by atoms with Crippen molar-refractivity contribution in [3.8, 4) is 11.4 Å². The monoisotopic (exact) mass is 714 g/mol. The van der Waals surface area contributed by atoms with Crippen LogP contribution in [0.3, 0.4) is 0 Å². The van der Waals surface area contributed by atoms with Gasteiger partial charge < -0.3 is 24.0 Å². The summed E-state index contributed by atoms with van der Waals surface area (Å²) in [4.78, 5) is 18.9. The molecule has 1 unspecified atom stereocenters. The van der Waals surface area contributed by atoms with Crippen LogP contribution in [0.15, 0.2) is 101 Å². The number of hydrogen-bond acceptors (Lipinski definition) is 11. The van der Waals surface area contributed by atoms with E-state index in [4.69, 9.17) is 14.2 Å². The summed E-state index contributed by atoms with van der Waals surface area (Å²) in [5.41, 5.74) is 3.30. The molecule has 0 radical (unpaired) electrons. The van der Waals surface area contributed by atoms with Gasteiger partial charge in [-0.3, -0.25) is 0 Å². The molecule has 5 aromatic rings. The lowest BCUT2D eigenvalue weighted by Gasteiger charge is -2.37. The van der Waals surface area contributed by atoms with Crippen LogP contribution in [0.4, 0.5) is 11.4 Å². The SMILES string of the molecule is CCC(C)n1ncn(-c2ccc(N3CCN(c4ccc(OC[C@@H]5CO[C@@](Cn6nccn6)(c6ccccc6)O5)c(S(C)(=O)=O)c4)CC3)cc2)c1=O. The van der Waals surface area contributed by atoms with E-state index in [-0.39, 0.29) is 42.1 Å². The molecule has 0 amide bonds. The molecule has 0 aliphatic carbocycles. The lowest BCUT2D eigenvalue weighted by molar-refractivity contribution is -0.192. The summed E-state index contributed by atoms with van der Waals surface area (Å²) < 4.78 is 47.8. The molecule has 15 heteroatoms. The Morgan fingerprint density at radius 1 is 0.902 bits per heavy atom. The molecular weight excluding hydrogens is 673 g/mol. The Labute approximate surface area is 296 Å². The number of nitrogens with zero attached hydrogens (tertiary/aromatic N) is 8. The Kier molecular flexibility index (Phi) is 9.68. The zero-order valence-electron chi connectivity index (χ0n) is 28.9. The van der Waals surface area contributed by atoms with Crippen molar-refractivity contribution < 1.29 is 22.6 Å². The minimum absolute atomic E-state index is 0.0337. The van der Waals surface area contributed by atoms with Crippen LogP contribution in [0.5, 0.6) is 5.75 Å². The molecule has 2 aliphatic heterocycles. The van der Waals surface area contributed by atoms with E-state index in [2.05, 4.69) is 25.1 Å². The van der Waals surface area contributed by atoms with Gasteiger partial charge in [-0.2, -0.15) is 20.1 Å². The molecule has 2 saturated heterocycles. The van der Waals surface area contributed by atoms with Gasteiger partial charge in [0.2, 0.25) is 5.79 Å². The molecule has 268 valence electrons. The van der Waals surface area contributed by atoms with Crippen molar-refractivity contribution in [2.24, 2.45) is 0 Å². The molecule has 0 bridgehead atoms. The van der Waals surface area contributed by atoms with E-state index in [0.717, 1.165) is 42.1 Å². The van der Waals surface area contributed by atoms with E-state index in [1.165, 1.54) is 15.7 Å². The fourth-order valence-corrected chi connectivity index (χ4v) is 7.30. The standard InChI is InChI=1S/C36H42N8O6S/c1-4-27(2)44-35(45)42(26-39-44)30-12-10-29(11-13-30)40-18-20-41(21-19-40)31-14-15-33(34(22-31)51(3,46)47)48-23-32-24-49-36(50-32,25-43-37-16-17-38-43)28-8-6-5-7-9-28/h5-17,22,26-27,32H,4,18-21,23-25H2,1-3H3/t27?,32-,36-/m1/s1. The van der Waals surface area contributed by atoms with Crippen molar-refractivity contribution in [3.63, 3.8) is 0 Å². The average molecular weight is 715 g/mol. The van der Waals surface area contributed by atoms with Gasteiger partial charge in [0.1, 0.15) is 36.2 Å². The lowest BCUT2D eigenvalue weighted by atomic mass is 10.1. The predicted octanol–water partition coefficient (Wildman–Crippen LogP) is 3.67. The highest BCUT2D eigenvalue weighted by molar-refractivity contribution is 7.90. The van der Waals surface area contributed by atoms with Crippen molar-refractivity contribution in [1.29, 1.82) is 0 Å². The zero-order valence-corrected chi connectivity index (χ0v) is 29.7. The van der Waals surface area contributed by atoms with Gasteiger partial charge in [0.05, 0.1) is 30.7 Å². The minimum atomic E-state index is -3.61. The summed E-state index contributed by atoms with van der Waals surface area (Å²) >= 11 is 0. The number of piperazine rings is 1. The summed E-state index contributed by atoms with van der Waals surface area (Å²) in [6.45, 7) is 7.48. The van der Waals surface area contributed by atoms with Crippen LogP contribution in [-0.2, 0) is 31.6 Å². The lowest BCUT2D eigenvalue weighted by Crippen LogP contribution is -2.46. The molecule has 2 fully saturated rings. The molecule has 2 aliphatic rings. The maximum absolute atomic E-state index is 13.0. The molecule has 3 atom stereocenters. The topological polar surface area (TPSA) is 139 Å². The molecule has 14 nitrogen and oxygen atoms in total. The Hall–Kier alpha value is -4.99. The van der Waals surface area contributed by atoms with E-state index >= 15 is 0 Å². The summed E-state index contributed by atoms with van der Waals surface area (Å²) in [5.74, 6) is -0.845. The van der Waals surface area contributed by atoms with Crippen molar-refractivity contribution in [2.45, 2.75) is 49.6 Å². The normalized spacial score (nSPS) is 20.1. The third-order valence-electron chi connectivity index (χ3n) is 9.48. The number of hydrogen-bond donors (Lipinski definition) is 0. The average Bonchev–Trinajstić information content (AvgIpc) is 3.92. The van der Waals surface area contributed by atoms with Gasteiger partial charge in [0.15, 0.2) is 9.84 Å². The first-order valence-corrected chi connectivity index (χ1v) is 19.0. The second-order valence-electron chi connectivity index (χ2n) is 12.9. The third-order valence-corrected chi connectivity index (χ3v) is 10.6. The van der Waals surface area contributed by atoms with E-state index < -0.39 is 21.7 Å². The fourth-order valence-electron chi connectivity index (χ4n) is 6.48. The van der Waals surface area contributed by atoms with Gasteiger partial charge in [-0.15, -0.1) is 0 Å². The summed E-state index contributed by atoms with van der Waals surface area (Å²) in [5, 5.41) is 12.7. The van der Waals surface area contributed by atoms with Crippen LogP contribution < -0.4 is 20.2 Å². The van der Waals surface area contributed by atoms with Crippen LogP contribution in [0, 0.1) is 0 Å². The molecule has 2 aromatic heterocycles. The highest BCUT2D eigenvalue weighted by Crippen LogP contribution is 2.37. The molecule has 51 heavy (non-hydrogen) atoms. The highest BCUT2D eigenvalue weighted by atomic mass is 32.2. The largest absolute Gasteiger partial charge is 0.489 e. The number of aromatic nitrogens is 6. The first-order chi connectivity index (χ1) is 24.6. The first-order valence-electron chi connectivity index (χ1n) is 17.1. The second-order valence-corrected chi connectivity index (χ2v) is 14.9. The zero-order chi connectivity index (χ0) is 35.6. The molecule has 0 N–H and O–H groups in total. The van der Waals surface area contributed by atoms with Crippen molar-refractivity contribution in [2.75, 3.05) is 55.4 Å². The number of ether oxygens (including phenoxy) is 3. The fraction of sp³-hybridized carbons (Fsp3) is 0.389. The quantitative estimate of drug-likeness (QED) is 0.187. The highest BCUT2D eigenvalue weighted by Gasteiger charge is 2.44. The van der Waals surface area contributed by atoms with Crippen LogP contribution in [0.2, 0.25) is 0 Å². The van der Waals surface area contributed by atoms with Crippen LogP contribution >= 0.6 is 0 Å². The molecule has 0 saturated carbocycles. The van der Waals surface area contributed by atoms with Crippen molar-refractivity contribution in [3.05, 3.63) is 108 Å². The second kappa shape index (κ2) is 14.3. The van der Waals surface area contributed by atoms with Crippen LogP contribution in [0.25, 0.3) is 5.69 Å². The molecule has 7 rings (SSSR count). The molecule has 0 spiro atoms. The Morgan fingerprint density at radius 3 is 2.22 bits per heavy atom. The Bertz CT molecular complexity index is 2100. The molecular formula is C36H42N8O6S. The van der Waals surface area contributed by atoms with E-state index in [1.807, 2.05) is 74.5 Å². The molecule has 3 aromatic carbocycles. The van der Waals surface area contributed by atoms with Gasteiger partial charge in [-0.05, 0) is 55.8 Å². The third kappa shape index (κ3) is 7.27. The van der Waals surface area contributed by atoms with Crippen LogP contribution in [0.1, 0.15) is 31.9 Å². The van der Waals surface area contributed by atoms with Crippen molar-refractivity contribution in [1.82, 2.24) is 29.3 Å². The number of anilines is 2. The molecule has 4 heterocycles. The predicted molar refractivity (Wildman–Crippen MR) is 191 cm³/mol. The summed E-state index contributed by atoms with van der Waals surface area (Å²) in [6.07, 6.45) is 6.32. The summed E-state index contributed by atoms with van der Waals surface area (Å²) in [6, 6.07) is 22.9. The Morgan fingerprint density at radius 2 is 1.55 bits per heavy atom. The van der Waals surface area contributed by atoms with Gasteiger partial charge in [-0.25, -0.2) is 22.5 Å². The van der Waals surface area contributed by atoms with Crippen LogP contribution in [-0.4, -0.2) is 89.5 Å². The maximum atomic E-state index is 13.0. The van der Waals surface area contributed by atoms with E-state index in [9.17, 15) is 13.2 Å². The number of benzene rings is 3. The van der Waals surface area contributed by atoms with Gasteiger partial charge >= 0.3 is 5.69 Å². The van der Waals surface area contributed by atoms with E-state index in [0.29, 0.717) is 13.1 Å². The number of sulfone groups is 1. The maximum Gasteiger partial charge on any atom is 0.350 e. The van der Waals surface area contributed by atoms with Gasteiger partial charge in [0, 0.05) is 49.4 Å². The van der Waals surface area contributed by atoms with Gasteiger partial charge in [-0.1, -0.05) is 37.3 Å². The smallest absolute Gasteiger partial charge is 0.350 e. The van der Waals surface area contributed by atoms with Crippen molar-refractivity contribution >= 4 is 21.2 Å². The number of rotatable bonds is 12.